The lowest BCUT2D eigenvalue weighted by molar-refractivity contribution is -0.239. The van der Waals surface area contributed by atoms with Crippen molar-refractivity contribution in [2.24, 2.45) is 56.7 Å². The monoisotopic (exact) mass is 516 g/mol. The molecule has 0 aromatic heterocycles. The molecule has 0 aromatic carbocycles. The third-order valence-corrected chi connectivity index (χ3v) is 13.4. The van der Waals surface area contributed by atoms with E-state index < -0.39 is 28.5 Å². The topological polar surface area (TPSA) is 104 Å². The Morgan fingerprint density at radius 2 is 1.73 bits per heavy atom. The lowest BCUT2D eigenvalue weighted by Gasteiger charge is -2.71. The summed E-state index contributed by atoms with van der Waals surface area (Å²) >= 11 is 0. The molecule has 0 aliphatic heterocycles. The highest BCUT2D eigenvalue weighted by molar-refractivity contribution is 5.96. The molecule has 0 heterocycles. The number of hydrogen-bond donors (Lipinski definition) is 3. The Kier molecular flexibility index (Phi) is 6.19. The average Bonchev–Trinajstić information content (AvgIpc) is 2.85. The van der Waals surface area contributed by atoms with Crippen LogP contribution >= 0.6 is 0 Å². The number of aliphatic hydroxyl groups excluding tert-OH is 3. The number of aliphatic hydroxyl groups is 3. The number of ether oxygens (including phenoxy) is 1. The summed E-state index contributed by atoms with van der Waals surface area (Å²) in [7, 11) is 1.49. The van der Waals surface area contributed by atoms with Crippen molar-refractivity contribution in [3.63, 3.8) is 0 Å². The van der Waals surface area contributed by atoms with Crippen molar-refractivity contribution in [3.05, 3.63) is 11.6 Å². The average molecular weight is 517 g/mol. The minimum absolute atomic E-state index is 0.0174. The molecule has 6 nitrogen and oxygen atoms in total. The highest BCUT2D eigenvalue weighted by atomic mass is 16.5. The van der Waals surface area contributed by atoms with Gasteiger partial charge in [-0.05, 0) is 90.9 Å². The molecule has 0 saturated heterocycles. The number of hydrogen-bond acceptors (Lipinski definition) is 6. The number of ketones is 1. The smallest absolute Gasteiger partial charge is 0.312 e. The quantitative estimate of drug-likeness (QED) is 0.473. The highest BCUT2D eigenvalue weighted by Gasteiger charge is 2.72. The van der Waals surface area contributed by atoms with Gasteiger partial charge in [-0.15, -0.1) is 0 Å². The largest absolute Gasteiger partial charge is 0.469 e. The maximum atomic E-state index is 14.4. The van der Waals surface area contributed by atoms with E-state index in [2.05, 4.69) is 34.6 Å². The van der Waals surface area contributed by atoms with Gasteiger partial charge in [-0.2, -0.15) is 0 Å². The van der Waals surface area contributed by atoms with Crippen LogP contribution in [-0.2, 0) is 14.3 Å². The molecule has 5 aliphatic carbocycles. The highest BCUT2D eigenvalue weighted by Crippen LogP contribution is 2.75. The Balaban J connectivity index is 1.67. The van der Waals surface area contributed by atoms with Gasteiger partial charge in [-0.25, -0.2) is 0 Å². The van der Waals surface area contributed by atoms with Gasteiger partial charge in [0.2, 0.25) is 0 Å². The van der Waals surface area contributed by atoms with E-state index in [-0.39, 0.29) is 52.9 Å². The van der Waals surface area contributed by atoms with Gasteiger partial charge in [0.25, 0.3) is 0 Å². The van der Waals surface area contributed by atoms with E-state index in [4.69, 9.17) is 4.74 Å². The van der Waals surface area contributed by atoms with Gasteiger partial charge < -0.3 is 20.1 Å². The van der Waals surface area contributed by atoms with Crippen molar-refractivity contribution in [2.45, 2.75) is 98.7 Å². The molecule has 5 aliphatic rings. The Morgan fingerprint density at radius 1 is 1.05 bits per heavy atom. The van der Waals surface area contributed by atoms with E-state index in [1.165, 1.54) is 7.11 Å². The summed E-state index contributed by atoms with van der Waals surface area (Å²) in [5.41, 5.74) is -1.44. The second kappa shape index (κ2) is 8.38. The Bertz CT molecular complexity index is 1020. The fraction of sp³-hybridized carbons (Fsp3) is 0.871. The van der Waals surface area contributed by atoms with Crippen LogP contribution in [0, 0.1) is 56.7 Å². The second-order valence-electron chi connectivity index (χ2n) is 14.7. The second-order valence-corrected chi connectivity index (χ2v) is 14.7. The molecule has 0 radical (unpaired) electrons. The summed E-state index contributed by atoms with van der Waals surface area (Å²) in [6.45, 7) is 12.9. The standard InChI is InChI=1S/C31H48O6/c1-17-8-11-31(26(36)37-7)13-12-29(5)19(23(31)18(17)2)14-20(33)24-27(3)15-21(34)25(35)28(4,16-32)22(27)9-10-30(24,29)6/h14,17-18,21-25,32,34-35H,8-13,15-16H2,1-7H3/t17-,18+,21-,22+,23+,24-,25+,27+,28+,29+,30-,31+/m1/s1. The van der Waals surface area contributed by atoms with Gasteiger partial charge in [0.15, 0.2) is 5.78 Å². The molecule has 0 unspecified atom stereocenters. The molecule has 6 heteroatoms. The summed E-state index contributed by atoms with van der Waals surface area (Å²) in [6.07, 6.45) is 5.25. The Morgan fingerprint density at radius 3 is 2.35 bits per heavy atom. The molecule has 12 atom stereocenters. The number of methoxy groups -OCH3 is 1. The third-order valence-electron chi connectivity index (χ3n) is 13.4. The fourth-order valence-electron chi connectivity index (χ4n) is 11.0. The zero-order valence-corrected chi connectivity index (χ0v) is 23.8. The Hall–Kier alpha value is -1.24. The summed E-state index contributed by atoms with van der Waals surface area (Å²) in [5.74, 6) is 0.284. The molecule has 4 saturated carbocycles. The van der Waals surface area contributed by atoms with E-state index in [1.807, 2.05) is 13.0 Å². The first kappa shape index (κ1) is 27.3. The molecular weight excluding hydrogens is 468 g/mol. The first-order valence-electron chi connectivity index (χ1n) is 14.5. The number of esters is 1. The first-order valence-corrected chi connectivity index (χ1v) is 14.5. The summed E-state index contributed by atoms with van der Waals surface area (Å²) in [5, 5.41) is 32.4. The van der Waals surface area contributed by atoms with Crippen molar-refractivity contribution < 1.29 is 29.6 Å². The summed E-state index contributed by atoms with van der Waals surface area (Å²) in [6, 6.07) is 0. The van der Waals surface area contributed by atoms with E-state index in [9.17, 15) is 24.9 Å². The van der Waals surface area contributed by atoms with Crippen LogP contribution in [-0.4, -0.2) is 53.0 Å². The number of carbonyl (C=O) groups excluding carboxylic acids is 2. The summed E-state index contributed by atoms with van der Waals surface area (Å²) in [4.78, 5) is 27.8. The minimum atomic E-state index is -1.01. The normalized spacial score (nSPS) is 55.2. The Labute approximate surface area is 222 Å². The van der Waals surface area contributed by atoms with Gasteiger partial charge in [-0.3, -0.25) is 9.59 Å². The van der Waals surface area contributed by atoms with Crippen molar-refractivity contribution in [1.29, 1.82) is 0 Å². The zero-order chi connectivity index (χ0) is 27.3. The minimum Gasteiger partial charge on any atom is -0.469 e. The van der Waals surface area contributed by atoms with Crippen LogP contribution in [0.1, 0.15) is 86.5 Å². The van der Waals surface area contributed by atoms with E-state index in [0.29, 0.717) is 12.3 Å². The molecule has 0 spiro atoms. The van der Waals surface area contributed by atoms with Crippen LogP contribution in [0.3, 0.4) is 0 Å². The van der Waals surface area contributed by atoms with Crippen LogP contribution in [0.5, 0.6) is 0 Å². The lowest BCUT2D eigenvalue weighted by atomic mass is 9.33. The van der Waals surface area contributed by atoms with Crippen LogP contribution in [0.25, 0.3) is 0 Å². The maximum absolute atomic E-state index is 14.4. The molecule has 208 valence electrons. The van der Waals surface area contributed by atoms with Gasteiger partial charge in [0.1, 0.15) is 0 Å². The van der Waals surface area contributed by atoms with Gasteiger partial charge >= 0.3 is 5.97 Å². The molecule has 0 aromatic rings. The molecular formula is C31H48O6. The van der Waals surface area contributed by atoms with Crippen LogP contribution in [0.2, 0.25) is 0 Å². The van der Waals surface area contributed by atoms with Gasteiger partial charge in [0.05, 0.1) is 31.3 Å². The third kappa shape index (κ3) is 3.15. The molecule has 37 heavy (non-hydrogen) atoms. The lowest BCUT2D eigenvalue weighted by Crippen LogP contribution is -2.70. The SMILES string of the molecule is COC(=O)[C@]12CC[C@@H](C)[C@H](C)[C@H]1C1=CC(=O)[C@@H]3[C@@]4(C)C[C@@H](O)[C@H](O)[C@@](C)(CO)[C@H]4CC[C@@]3(C)[C@@]1(C)CC2. The van der Waals surface area contributed by atoms with Gasteiger partial charge in [0, 0.05) is 11.3 Å². The van der Waals surface area contributed by atoms with E-state index in [1.54, 1.807) is 0 Å². The van der Waals surface area contributed by atoms with Crippen molar-refractivity contribution in [1.82, 2.24) is 0 Å². The number of allylic oxidation sites excluding steroid dienone is 2. The molecule has 0 bridgehead atoms. The molecule has 0 amide bonds. The zero-order valence-electron chi connectivity index (χ0n) is 23.8. The van der Waals surface area contributed by atoms with Gasteiger partial charge in [-0.1, -0.05) is 47.1 Å². The number of rotatable bonds is 2. The fourth-order valence-corrected chi connectivity index (χ4v) is 11.0. The van der Waals surface area contributed by atoms with Crippen molar-refractivity contribution in [2.75, 3.05) is 13.7 Å². The van der Waals surface area contributed by atoms with Crippen LogP contribution < -0.4 is 0 Å². The molecule has 3 N–H and O–H groups in total. The predicted octanol–water partition coefficient (Wildman–Crippen LogP) is 4.30. The van der Waals surface area contributed by atoms with Crippen molar-refractivity contribution >= 4 is 11.8 Å². The van der Waals surface area contributed by atoms with Crippen molar-refractivity contribution in [3.8, 4) is 0 Å². The molecule has 5 rings (SSSR count). The van der Waals surface area contributed by atoms with E-state index >= 15 is 0 Å². The van der Waals surface area contributed by atoms with Crippen LogP contribution in [0.15, 0.2) is 11.6 Å². The summed E-state index contributed by atoms with van der Waals surface area (Å²) < 4.78 is 5.42. The molecule has 4 fully saturated rings. The first-order chi connectivity index (χ1) is 17.2. The van der Waals surface area contributed by atoms with Crippen LogP contribution in [0.4, 0.5) is 0 Å². The number of carbonyl (C=O) groups is 2. The van der Waals surface area contributed by atoms with E-state index in [0.717, 1.165) is 44.1 Å². The maximum Gasteiger partial charge on any atom is 0.312 e. The predicted molar refractivity (Wildman–Crippen MR) is 140 cm³/mol. The number of fused-ring (bicyclic) bond motifs is 7.